The van der Waals surface area contributed by atoms with Gasteiger partial charge in [-0.2, -0.15) is 0 Å². The van der Waals surface area contributed by atoms with Gasteiger partial charge in [0.05, 0.1) is 36.0 Å². The molecule has 0 aliphatic carbocycles. The number of quaternary nitrogens is 1. The van der Waals surface area contributed by atoms with Crippen molar-refractivity contribution in [2.24, 2.45) is 5.92 Å². The van der Waals surface area contributed by atoms with Gasteiger partial charge < -0.3 is 19.1 Å². The van der Waals surface area contributed by atoms with Gasteiger partial charge >= 0.3 is 5.97 Å². The van der Waals surface area contributed by atoms with Gasteiger partial charge in [0.25, 0.3) is 0 Å². The maximum absolute atomic E-state index is 13.5. The van der Waals surface area contributed by atoms with Crippen LogP contribution >= 0.6 is 22.7 Å². The lowest BCUT2D eigenvalue weighted by atomic mass is 9.83. The molecule has 0 unspecified atom stereocenters. The second-order valence-electron chi connectivity index (χ2n) is 9.66. The van der Waals surface area contributed by atoms with E-state index >= 15 is 0 Å². The highest BCUT2D eigenvalue weighted by Crippen LogP contribution is 2.40. The number of fused-ring (bicyclic) bond motifs is 3. The van der Waals surface area contributed by atoms with Gasteiger partial charge in [-0.25, -0.2) is 4.79 Å². The lowest BCUT2D eigenvalue weighted by Crippen LogP contribution is -2.65. The summed E-state index contributed by atoms with van der Waals surface area (Å²) in [4.78, 5) is 14.7. The minimum absolute atomic E-state index is 0.154. The van der Waals surface area contributed by atoms with Crippen molar-refractivity contribution >= 4 is 28.6 Å². The molecule has 0 saturated carbocycles. The first kappa shape index (κ1) is 23.5. The molecule has 180 valence electrons. The van der Waals surface area contributed by atoms with Gasteiger partial charge in [0.1, 0.15) is 12.3 Å². The molecule has 3 aromatic rings. The van der Waals surface area contributed by atoms with Crippen molar-refractivity contribution in [2.75, 3.05) is 32.8 Å². The first-order valence-corrected chi connectivity index (χ1v) is 13.8. The molecule has 0 radical (unpaired) electrons. The van der Waals surface area contributed by atoms with Crippen molar-refractivity contribution in [1.29, 1.82) is 0 Å². The minimum atomic E-state index is -1.74. The number of rotatable bonds is 9. The number of aliphatic hydroxyl groups is 1. The van der Waals surface area contributed by atoms with E-state index in [1.807, 2.05) is 47.2 Å². The summed E-state index contributed by atoms with van der Waals surface area (Å²) < 4.78 is 13.1. The van der Waals surface area contributed by atoms with Gasteiger partial charge in [0.2, 0.25) is 5.60 Å². The Morgan fingerprint density at radius 2 is 1.79 bits per heavy atom. The fraction of sp³-hybridized carbons (Fsp3) is 0.444. The van der Waals surface area contributed by atoms with E-state index < -0.39 is 11.6 Å². The lowest BCUT2D eigenvalue weighted by molar-refractivity contribution is -0.946. The molecular formula is C27H32NO4S2+. The van der Waals surface area contributed by atoms with Crippen molar-refractivity contribution in [3.05, 3.63) is 74.6 Å². The van der Waals surface area contributed by atoms with E-state index in [4.69, 9.17) is 9.47 Å². The third kappa shape index (κ3) is 4.67. The highest BCUT2D eigenvalue weighted by atomic mass is 32.1. The van der Waals surface area contributed by atoms with Crippen molar-refractivity contribution in [3.63, 3.8) is 0 Å². The fourth-order valence-corrected chi connectivity index (χ4v) is 7.19. The van der Waals surface area contributed by atoms with Crippen LogP contribution in [0, 0.1) is 12.8 Å². The van der Waals surface area contributed by atoms with Gasteiger partial charge in [-0.05, 0) is 47.5 Å². The number of nitrogens with zero attached hydrogens (tertiary/aromatic N) is 1. The molecule has 1 aromatic carbocycles. The summed E-state index contributed by atoms with van der Waals surface area (Å²) >= 11 is 2.77. The number of aryl methyl sites for hydroxylation is 1. The van der Waals surface area contributed by atoms with Crippen LogP contribution in [0.5, 0.6) is 5.75 Å². The van der Waals surface area contributed by atoms with E-state index in [0.29, 0.717) is 22.3 Å². The Labute approximate surface area is 209 Å². The lowest BCUT2D eigenvalue weighted by Gasteiger charge is -2.52. The monoisotopic (exact) mass is 498 g/mol. The second kappa shape index (κ2) is 9.82. The van der Waals surface area contributed by atoms with E-state index in [2.05, 4.69) is 19.1 Å². The first-order chi connectivity index (χ1) is 16.5. The number of benzene rings is 1. The number of ether oxygens (including phenoxy) is 2. The van der Waals surface area contributed by atoms with Crippen LogP contribution < -0.4 is 4.74 Å². The molecule has 0 amide bonds. The average molecular weight is 499 g/mol. The molecule has 34 heavy (non-hydrogen) atoms. The molecule has 3 aliphatic heterocycles. The summed E-state index contributed by atoms with van der Waals surface area (Å²) in [5.41, 5.74) is -0.534. The highest BCUT2D eigenvalue weighted by Gasteiger charge is 2.51. The van der Waals surface area contributed by atoms with Crippen molar-refractivity contribution in [1.82, 2.24) is 0 Å². The summed E-state index contributed by atoms with van der Waals surface area (Å²) in [5.74, 6) is 0.756. The molecular weight excluding hydrogens is 466 g/mol. The summed E-state index contributed by atoms with van der Waals surface area (Å²) in [6, 6.07) is 15.5. The highest BCUT2D eigenvalue weighted by molar-refractivity contribution is 7.12. The molecule has 2 aromatic heterocycles. The Hall–Kier alpha value is -2.19. The third-order valence-corrected chi connectivity index (χ3v) is 9.34. The number of esters is 1. The maximum atomic E-state index is 13.5. The normalized spacial score (nSPS) is 24.2. The Morgan fingerprint density at radius 1 is 1.09 bits per heavy atom. The number of piperidine rings is 3. The second-order valence-corrected chi connectivity index (χ2v) is 11.6. The Balaban J connectivity index is 1.23. The van der Waals surface area contributed by atoms with E-state index in [-0.39, 0.29) is 6.10 Å². The zero-order valence-corrected chi connectivity index (χ0v) is 21.2. The quantitative estimate of drug-likeness (QED) is 0.257. The number of hydrogen-bond acceptors (Lipinski definition) is 6. The predicted molar refractivity (Wildman–Crippen MR) is 135 cm³/mol. The van der Waals surface area contributed by atoms with Crippen LogP contribution in [0.3, 0.4) is 0 Å². The average Bonchev–Trinajstić information content (AvgIpc) is 3.57. The van der Waals surface area contributed by atoms with Gasteiger partial charge in [-0.3, -0.25) is 0 Å². The summed E-state index contributed by atoms with van der Waals surface area (Å²) in [5, 5.41) is 15.4. The zero-order valence-electron chi connectivity index (χ0n) is 19.5. The topological polar surface area (TPSA) is 55.8 Å². The first-order valence-electron chi connectivity index (χ1n) is 12.0. The van der Waals surface area contributed by atoms with Crippen molar-refractivity contribution in [3.8, 4) is 5.75 Å². The predicted octanol–water partition coefficient (Wildman–Crippen LogP) is 4.98. The number of thiophene rings is 2. The summed E-state index contributed by atoms with van der Waals surface area (Å²) in [7, 11) is 0. The number of carbonyl (C=O) groups is 1. The van der Waals surface area contributed by atoms with E-state index in [1.54, 1.807) is 0 Å². The molecule has 1 N–H and O–H groups in total. The van der Waals surface area contributed by atoms with Gasteiger partial charge in [-0.1, -0.05) is 24.3 Å². The molecule has 3 fully saturated rings. The Morgan fingerprint density at radius 3 is 2.41 bits per heavy atom. The molecule has 2 bridgehead atoms. The van der Waals surface area contributed by atoms with E-state index in [9.17, 15) is 9.90 Å². The van der Waals surface area contributed by atoms with Crippen LogP contribution in [-0.4, -0.2) is 54.4 Å². The van der Waals surface area contributed by atoms with Crippen LogP contribution in [0.1, 0.15) is 34.6 Å². The number of carbonyl (C=O) groups excluding carboxylic acids is 1. The maximum Gasteiger partial charge on any atom is 0.349 e. The van der Waals surface area contributed by atoms with Gasteiger partial charge in [0, 0.05) is 25.2 Å². The van der Waals surface area contributed by atoms with Gasteiger partial charge in [-0.15, -0.1) is 22.7 Å². The molecule has 1 atom stereocenters. The van der Waals surface area contributed by atoms with Crippen LogP contribution in [0.15, 0.2) is 59.3 Å². The molecule has 5 nitrogen and oxygen atoms in total. The van der Waals surface area contributed by atoms with Crippen LogP contribution in [0.4, 0.5) is 0 Å². The summed E-state index contributed by atoms with van der Waals surface area (Å²) in [6.07, 6.45) is 2.94. The minimum Gasteiger partial charge on any atom is -0.493 e. The molecule has 6 rings (SSSR count). The van der Waals surface area contributed by atoms with Gasteiger partial charge in [0.15, 0.2) is 6.10 Å². The third-order valence-electron chi connectivity index (χ3n) is 7.39. The molecule has 3 aliphatic rings. The standard InChI is InChI=1S/C27H32NO4S2/c1-20-6-2-7-22(18-20)31-15-5-12-28-13-10-21(11-14-28)23(19-28)32-26(29)27(30,24-8-3-16-33-24)25-9-4-17-34-25/h2-4,6-9,16-18,21,23,30H,5,10-15,19H2,1H3/q+1/t21?,23-,28?/m0/s1. The van der Waals surface area contributed by atoms with Crippen molar-refractivity contribution in [2.45, 2.75) is 37.9 Å². The Kier molecular flexibility index (Phi) is 6.80. The SMILES string of the molecule is Cc1cccc(OCCC[N+]23CCC(CC2)[C@@H](OC(=O)C(O)(c2cccs2)c2cccs2)C3)c1. The fourth-order valence-electron chi connectivity index (χ4n) is 5.48. The molecule has 0 spiro atoms. The van der Waals surface area contributed by atoms with Crippen LogP contribution in [-0.2, 0) is 15.1 Å². The zero-order chi connectivity index (χ0) is 23.6. The van der Waals surface area contributed by atoms with Crippen molar-refractivity contribution < 1.29 is 23.9 Å². The number of hydrogen-bond donors (Lipinski definition) is 1. The van der Waals surface area contributed by atoms with E-state index in [0.717, 1.165) is 55.7 Å². The largest absolute Gasteiger partial charge is 0.493 e. The molecule has 3 saturated heterocycles. The smallest absolute Gasteiger partial charge is 0.349 e. The van der Waals surface area contributed by atoms with Crippen LogP contribution in [0.2, 0.25) is 0 Å². The molecule has 7 heteroatoms. The van der Waals surface area contributed by atoms with E-state index in [1.165, 1.54) is 28.2 Å². The van der Waals surface area contributed by atoms with Crippen LogP contribution in [0.25, 0.3) is 0 Å². The summed E-state index contributed by atoms with van der Waals surface area (Å²) in [6.45, 7) is 6.86. The Bertz CT molecular complexity index is 1050. The molecule has 5 heterocycles.